The number of rotatable bonds is 6. The molecule has 4 bridgehead atoms. The van der Waals surface area contributed by atoms with Crippen molar-refractivity contribution in [1.29, 1.82) is 0 Å². The second kappa shape index (κ2) is 7.19. The van der Waals surface area contributed by atoms with E-state index in [1.807, 2.05) is 6.92 Å². The molecule has 0 aromatic carbocycles. The Bertz CT molecular complexity index is 450. The largest absolute Gasteiger partial charge is 0.376 e. The Morgan fingerprint density at radius 3 is 2.32 bits per heavy atom. The summed E-state index contributed by atoms with van der Waals surface area (Å²) in [6.45, 7) is 6.30. The van der Waals surface area contributed by atoms with Gasteiger partial charge in [0.05, 0.1) is 12.7 Å². The van der Waals surface area contributed by atoms with Crippen molar-refractivity contribution < 1.29 is 14.3 Å². The molecule has 1 aliphatic heterocycles. The van der Waals surface area contributed by atoms with E-state index in [4.69, 9.17) is 9.47 Å². The molecule has 1 heterocycles. The van der Waals surface area contributed by atoms with E-state index in [9.17, 15) is 4.79 Å². The van der Waals surface area contributed by atoms with Gasteiger partial charge in [0.25, 0.3) is 5.91 Å². The monoisotopic (exact) mass is 349 g/mol. The molecule has 0 aromatic rings. The zero-order chi connectivity index (χ0) is 17.4. The number of ether oxygens (including phenoxy) is 2. The van der Waals surface area contributed by atoms with Crippen LogP contribution in [0.4, 0.5) is 0 Å². The van der Waals surface area contributed by atoms with Gasteiger partial charge in [0.15, 0.2) is 0 Å². The number of likely N-dealkylation sites (N-methyl/N-ethyl adjacent to an activating group) is 1. The van der Waals surface area contributed by atoms with Gasteiger partial charge in [-0.1, -0.05) is 0 Å². The third kappa shape index (κ3) is 3.49. The number of hydrogen-bond acceptors (Lipinski definition) is 3. The van der Waals surface area contributed by atoms with E-state index >= 15 is 0 Å². The molecule has 5 fully saturated rings. The number of carbonyl (C=O) groups is 1. The highest BCUT2D eigenvalue weighted by atomic mass is 16.5. The first kappa shape index (κ1) is 17.8. The van der Waals surface area contributed by atoms with Gasteiger partial charge in [0.2, 0.25) is 0 Å². The summed E-state index contributed by atoms with van der Waals surface area (Å²) in [6.07, 6.45) is 11.2. The van der Waals surface area contributed by atoms with Gasteiger partial charge in [0, 0.05) is 18.7 Å². The third-order valence-corrected chi connectivity index (χ3v) is 7.31. The van der Waals surface area contributed by atoms with Gasteiger partial charge in [-0.15, -0.1) is 0 Å². The molecule has 0 radical (unpaired) electrons. The quantitative estimate of drug-likeness (QED) is 0.732. The zero-order valence-corrected chi connectivity index (χ0v) is 16.0. The molecule has 25 heavy (non-hydrogen) atoms. The minimum Gasteiger partial charge on any atom is -0.376 e. The maximum atomic E-state index is 13.2. The fourth-order valence-electron chi connectivity index (χ4n) is 6.60. The first-order valence-electron chi connectivity index (χ1n) is 10.6. The summed E-state index contributed by atoms with van der Waals surface area (Å²) in [5.41, 5.74) is 0.138. The molecule has 1 saturated heterocycles. The Balaban J connectivity index is 1.39. The first-order chi connectivity index (χ1) is 12.1. The van der Waals surface area contributed by atoms with E-state index < -0.39 is 0 Å². The number of amides is 1. The van der Waals surface area contributed by atoms with Crippen molar-refractivity contribution in [3.8, 4) is 0 Å². The topological polar surface area (TPSA) is 38.8 Å². The van der Waals surface area contributed by atoms with Crippen LogP contribution < -0.4 is 0 Å². The van der Waals surface area contributed by atoms with Crippen LogP contribution in [0.1, 0.15) is 71.6 Å². The van der Waals surface area contributed by atoms with Crippen LogP contribution in [0, 0.1) is 17.8 Å². The van der Waals surface area contributed by atoms with Crippen LogP contribution in [0.25, 0.3) is 0 Å². The maximum absolute atomic E-state index is 13.2. The molecule has 0 aromatic heterocycles. The minimum absolute atomic E-state index is 0.138. The summed E-state index contributed by atoms with van der Waals surface area (Å²) < 4.78 is 11.7. The molecule has 4 nitrogen and oxygen atoms in total. The van der Waals surface area contributed by atoms with E-state index in [0.29, 0.717) is 6.61 Å². The molecule has 5 aliphatic rings. The average Bonchev–Trinajstić information content (AvgIpc) is 2.59. The summed E-state index contributed by atoms with van der Waals surface area (Å²) in [4.78, 5) is 15.4. The molecule has 2 unspecified atom stereocenters. The predicted octanol–water partition coefficient (Wildman–Crippen LogP) is 3.78. The Morgan fingerprint density at radius 2 is 1.80 bits per heavy atom. The second-order valence-corrected chi connectivity index (χ2v) is 9.19. The van der Waals surface area contributed by atoms with Crippen LogP contribution in [0.2, 0.25) is 0 Å². The Morgan fingerprint density at radius 1 is 1.16 bits per heavy atom. The van der Waals surface area contributed by atoms with Crippen LogP contribution in [0.5, 0.6) is 0 Å². The van der Waals surface area contributed by atoms with E-state index in [2.05, 4.69) is 11.8 Å². The fourth-order valence-corrected chi connectivity index (χ4v) is 6.60. The highest BCUT2D eigenvalue weighted by Gasteiger charge is 2.54. The van der Waals surface area contributed by atoms with Gasteiger partial charge in [-0.25, -0.2) is 0 Å². The summed E-state index contributed by atoms with van der Waals surface area (Å²) in [7, 11) is 0. The summed E-state index contributed by atoms with van der Waals surface area (Å²) >= 11 is 0. The molecule has 4 heteroatoms. The number of carbonyl (C=O) groups excluding carboxylic acids is 1. The van der Waals surface area contributed by atoms with Crippen LogP contribution in [-0.2, 0) is 14.3 Å². The smallest absolute Gasteiger partial charge is 0.251 e. The molecule has 1 amide bonds. The Labute approximate surface area is 152 Å². The van der Waals surface area contributed by atoms with Crippen LogP contribution >= 0.6 is 0 Å². The second-order valence-electron chi connectivity index (χ2n) is 9.19. The standard InChI is InChI=1S/C21H35NO3/c1-3-22(20(23)15(2)25-14-19-6-4-5-7-24-19)21-11-16-8-17(12-21)10-18(9-16)13-21/h15-19H,3-14H2,1-2H3. The lowest BCUT2D eigenvalue weighted by Gasteiger charge is -2.60. The van der Waals surface area contributed by atoms with Crippen molar-refractivity contribution in [3.05, 3.63) is 0 Å². The summed E-state index contributed by atoms with van der Waals surface area (Å²) in [5, 5.41) is 0. The molecule has 0 spiro atoms. The van der Waals surface area contributed by atoms with Crippen molar-refractivity contribution in [3.63, 3.8) is 0 Å². The minimum atomic E-state index is -0.349. The Kier molecular flexibility index (Phi) is 5.11. The van der Waals surface area contributed by atoms with Gasteiger partial charge >= 0.3 is 0 Å². The molecular weight excluding hydrogens is 314 g/mol. The average molecular weight is 350 g/mol. The van der Waals surface area contributed by atoms with Crippen LogP contribution in [0.3, 0.4) is 0 Å². The van der Waals surface area contributed by atoms with E-state index in [1.54, 1.807) is 0 Å². The lowest BCUT2D eigenvalue weighted by atomic mass is 9.52. The van der Waals surface area contributed by atoms with Crippen molar-refractivity contribution in [2.75, 3.05) is 19.8 Å². The lowest BCUT2D eigenvalue weighted by molar-refractivity contribution is -0.163. The number of nitrogens with zero attached hydrogens (tertiary/aromatic N) is 1. The van der Waals surface area contributed by atoms with Crippen molar-refractivity contribution in [2.24, 2.45) is 17.8 Å². The normalized spacial score (nSPS) is 40.9. The van der Waals surface area contributed by atoms with E-state index in [-0.39, 0.29) is 23.7 Å². The molecule has 4 aliphatic carbocycles. The fraction of sp³-hybridized carbons (Fsp3) is 0.952. The zero-order valence-electron chi connectivity index (χ0n) is 16.0. The Hall–Kier alpha value is -0.610. The van der Waals surface area contributed by atoms with Gasteiger partial charge < -0.3 is 14.4 Å². The molecule has 2 atom stereocenters. The van der Waals surface area contributed by atoms with Crippen LogP contribution in [0.15, 0.2) is 0 Å². The van der Waals surface area contributed by atoms with E-state index in [0.717, 1.165) is 43.7 Å². The first-order valence-corrected chi connectivity index (χ1v) is 10.6. The highest BCUT2D eigenvalue weighted by molar-refractivity contribution is 5.81. The third-order valence-electron chi connectivity index (χ3n) is 7.31. The SMILES string of the molecule is CCN(C(=O)C(C)OCC1CCCCO1)C12CC3CC(CC(C3)C1)C2. The lowest BCUT2D eigenvalue weighted by Crippen LogP contribution is -2.63. The summed E-state index contributed by atoms with van der Waals surface area (Å²) in [6, 6.07) is 0. The molecule has 0 N–H and O–H groups in total. The van der Waals surface area contributed by atoms with Crippen molar-refractivity contribution in [1.82, 2.24) is 4.90 Å². The van der Waals surface area contributed by atoms with Gasteiger partial charge in [0.1, 0.15) is 6.10 Å². The van der Waals surface area contributed by atoms with E-state index in [1.165, 1.54) is 44.9 Å². The number of hydrogen-bond donors (Lipinski definition) is 0. The van der Waals surface area contributed by atoms with Gasteiger partial charge in [-0.05, 0) is 89.4 Å². The molecule has 4 saturated carbocycles. The molecule has 142 valence electrons. The maximum Gasteiger partial charge on any atom is 0.251 e. The molecular formula is C21H35NO3. The summed E-state index contributed by atoms with van der Waals surface area (Å²) in [5.74, 6) is 2.79. The molecule has 5 rings (SSSR count). The van der Waals surface area contributed by atoms with Crippen LogP contribution in [-0.4, -0.2) is 48.3 Å². The predicted molar refractivity (Wildman–Crippen MR) is 97.3 cm³/mol. The van der Waals surface area contributed by atoms with Gasteiger partial charge in [-0.2, -0.15) is 0 Å². The van der Waals surface area contributed by atoms with Crippen molar-refractivity contribution in [2.45, 2.75) is 89.4 Å². The van der Waals surface area contributed by atoms with Crippen molar-refractivity contribution >= 4 is 5.91 Å². The highest BCUT2D eigenvalue weighted by Crippen LogP contribution is 2.57. The van der Waals surface area contributed by atoms with Gasteiger partial charge in [-0.3, -0.25) is 4.79 Å².